The lowest BCUT2D eigenvalue weighted by molar-refractivity contribution is 0.627. The van der Waals surface area contributed by atoms with Crippen molar-refractivity contribution in [2.45, 2.75) is 13.0 Å². The van der Waals surface area contributed by atoms with Crippen molar-refractivity contribution < 1.29 is 4.39 Å². The van der Waals surface area contributed by atoms with E-state index in [1.807, 2.05) is 19.1 Å². The molecule has 0 bridgehead atoms. The molecule has 0 aliphatic rings. The number of hydrogen-bond donors (Lipinski definition) is 2. The van der Waals surface area contributed by atoms with E-state index in [1.54, 1.807) is 18.2 Å². The summed E-state index contributed by atoms with van der Waals surface area (Å²) in [5.74, 6) is -0.166. The summed E-state index contributed by atoms with van der Waals surface area (Å²) in [6.45, 7) is 1.81. The molecule has 4 aromatic rings. The van der Waals surface area contributed by atoms with Crippen LogP contribution in [0.5, 0.6) is 0 Å². The van der Waals surface area contributed by atoms with Gasteiger partial charge in [0.15, 0.2) is 0 Å². The number of halogens is 2. The molecule has 2 aromatic heterocycles. The molecule has 0 aliphatic carbocycles. The summed E-state index contributed by atoms with van der Waals surface area (Å²) < 4.78 is 15.0. The van der Waals surface area contributed by atoms with Gasteiger partial charge < -0.3 is 11.1 Å². The second kappa shape index (κ2) is 8.05. The normalized spacial score (nSPS) is 11.8. The molecule has 0 saturated carbocycles. The lowest BCUT2D eigenvalue weighted by atomic mass is 10.1. The van der Waals surface area contributed by atoms with Gasteiger partial charge in [0.25, 0.3) is 5.56 Å². The fourth-order valence-electron chi connectivity index (χ4n) is 3.38. The van der Waals surface area contributed by atoms with Crippen LogP contribution in [0, 0.1) is 17.1 Å². The number of nitrogens with one attached hydrogen (secondary N) is 1. The van der Waals surface area contributed by atoms with Crippen LogP contribution in [0.2, 0.25) is 5.02 Å². The molecule has 0 amide bonds. The van der Waals surface area contributed by atoms with Crippen LogP contribution in [0.3, 0.4) is 0 Å². The molecule has 7 nitrogen and oxygen atoms in total. The quantitative estimate of drug-likeness (QED) is 0.498. The highest BCUT2D eigenvalue weighted by Crippen LogP contribution is 2.27. The molecular formula is C22H16ClFN6O. The van der Waals surface area contributed by atoms with Gasteiger partial charge in [0.05, 0.1) is 22.6 Å². The fourth-order valence-corrected chi connectivity index (χ4v) is 3.64. The van der Waals surface area contributed by atoms with Crippen molar-refractivity contribution in [2.75, 3.05) is 11.1 Å². The van der Waals surface area contributed by atoms with E-state index < -0.39 is 11.9 Å². The third-order valence-corrected chi connectivity index (χ3v) is 5.15. The van der Waals surface area contributed by atoms with Crippen LogP contribution in [0.15, 0.2) is 59.5 Å². The fraction of sp³-hybridized carbons (Fsp3) is 0.0909. The molecule has 0 saturated heterocycles. The van der Waals surface area contributed by atoms with Crippen molar-refractivity contribution in [3.05, 3.63) is 87.2 Å². The number of fused-ring (bicyclic) bond motifs is 1. The van der Waals surface area contributed by atoms with Crippen molar-refractivity contribution in [1.29, 1.82) is 5.26 Å². The van der Waals surface area contributed by atoms with E-state index in [1.165, 1.54) is 35.0 Å². The highest BCUT2D eigenvalue weighted by molar-refractivity contribution is 6.35. The number of nitrogens with two attached hydrogens (primary N) is 1. The maximum Gasteiger partial charge on any atom is 0.264 e. The highest BCUT2D eigenvalue weighted by Gasteiger charge is 2.19. The Labute approximate surface area is 181 Å². The van der Waals surface area contributed by atoms with E-state index in [0.717, 1.165) is 0 Å². The second-order valence-corrected chi connectivity index (χ2v) is 7.27. The predicted octanol–water partition coefficient (Wildman–Crippen LogP) is 4.20. The Bertz CT molecular complexity index is 1390. The van der Waals surface area contributed by atoms with Gasteiger partial charge in [0.1, 0.15) is 23.3 Å². The van der Waals surface area contributed by atoms with Crippen molar-refractivity contribution in [3.63, 3.8) is 0 Å². The predicted molar refractivity (Wildman–Crippen MR) is 118 cm³/mol. The molecule has 0 fully saturated rings. The zero-order valence-corrected chi connectivity index (χ0v) is 17.1. The van der Waals surface area contributed by atoms with Gasteiger partial charge in [-0.2, -0.15) is 10.2 Å². The van der Waals surface area contributed by atoms with Gasteiger partial charge in [-0.05, 0) is 48.7 Å². The maximum absolute atomic E-state index is 13.5. The Morgan fingerprint density at radius 1 is 1.26 bits per heavy atom. The lowest BCUT2D eigenvalue weighted by Gasteiger charge is -2.22. The summed E-state index contributed by atoms with van der Waals surface area (Å²) in [5.41, 5.74) is 6.57. The van der Waals surface area contributed by atoms with E-state index in [9.17, 15) is 14.4 Å². The number of pyridine rings is 1. The number of nitrogen functional groups attached to an aromatic ring is 1. The van der Waals surface area contributed by atoms with Crippen LogP contribution in [0.25, 0.3) is 16.5 Å². The highest BCUT2D eigenvalue weighted by atomic mass is 35.5. The minimum absolute atomic E-state index is 0.00918. The Morgan fingerprint density at radius 3 is 2.71 bits per heavy atom. The van der Waals surface area contributed by atoms with Crippen molar-refractivity contribution in [2.24, 2.45) is 0 Å². The molecule has 0 spiro atoms. The molecule has 31 heavy (non-hydrogen) atoms. The molecular weight excluding hydrogens is 419 g/mol. The summed E-state index contributed by atoms with van der Waals surface area (Å²) in [6.07, 6.45) is 1.32. The van der Waals surface area contributed by atoms with E-state index in [2.05, 4.69) is 15.3 Å². The SMILES string of the molecule is C[C@H](Nc1nc(N)ncc1C#N)c1cc2cccc(Cl)c2c(=O)n1-c1ccc(F)cc1. The number of nitriles is 1. The first kappa shape index (κ1) is 20.3. The van der Waals surface area contributed by atoms with E-state index in [-0.39, 0.29) is 22.9 Å². The number of rotatable bonds is 4. The minimum Gasteiger partial charge on any atom is -0.368 e. The number of benzene rings is 2. The first-order valence-electron chi connectivity index (χ1n) is 9.28. The number of aromatic nitrogens is 3. The lowest BCUT2D eigenvalue weighted by Crippen LogP contribution is -2.26. The molecule has 9 heteroatoms. The molecule has 1 atom stereocenters. The van der Waals surface area contributed by atoms with Crippen LogP contribution in [0.1, 0.15) is 24.2 Å². The molecule has 2 heterocycles. The molecule has 2 aromatic carbocycles. The van der Waals surface area contributed by atoms with Crippen LogP contribution in [0.4, 0.5) is 16.2 Å². The van der Waals surface area contributed by atoms with Gasteiger partial charge in [0, 0.05) is 11.4 Å². The first-order chi connectivity index (χ1) is 14.9. The third-order valence-electron chi connectivity index (χ3n) is 4.83. The van der Waals surface area contributed by atoms with E-state index in [0.29, 0.717) is 27.2 Å². The zero-order chi connectivity index (χ0) is 22.1. The average Bonchev–Trinajstić information content (AvgIpc) is 2.74. The number of nitrogens with zero attached hydrogens (tertiary/aromatic N) is 4. The van der Waals surface area contributed by atoms with Crippen molar-refractivity contribution >= 4 is 34.1 Å². The van der Waals surface area contributed by atoms with Gasteiger partial charge in [-0.25, -0.2) is 9.37 Å². The van der Waals surface area contributed by atoms with Gasteiger partial charge in [-0.1, -0.05) is 23.7 Å². The molecule has 0 aliphatic heterocycles. The molecule has 3 N–H and O–H groups in total. The first-order valence-corrected chi connectivity index (χ1v) is 9.66. The van der Waals surface area contributed by atoms with Crippen LogP contribution in [-0.4, -0.2) is 14.5 Å². The van der Waals surface area contributed by atoms with Gasteiger partial charge in [-0.3, -0.25) is 9.36 Å². The Balaban J connectivity index is 1.93. The van der Waals surface area contributed by atoms with Gasteiger partial charge in [0.2, 0.25) is 5.95 Å². The molecule has 0 radical (unpaired) electrons. The van der Waals surface area contributed by atoms with Crippen molar-refractivity contribution in [3.8, 4) is 11.8 Å². The standard InChI is InChI=1S/C22H16ClFN6O/c1-12(28-20-14(10-25)11-27-22(26)29-20)18-9-13-3-2-4-17(23)19(13)21(31)30(18)16-7-5-15(24)6-8-16/h2-9,11-12H,1H3,(H3,26,27,28,29)/t12-/m0/s1. The Morgan fingerprint density at radius 2 is 2.00 bits per heavy atom. The number of hydrogen-bond acceptors (Lipinski definition) is 6. The van der Waals surface area contributed by atoms with E-state index in [4.69, 9.17) is 17.3 Å². The van der Waals surface area contributed by atoms with Crippen molar-refractivity contribution in [1.82, 2.24) is 14.5 Å². The van der Waals surface area contributed by atoms with Gasteiger partial charge in [-0.15, -0.1) is 0 Å². The van der Waals surface area contributed by atoms with Crippen LogP contribution >= 0.6 is 11.6 Å². The van der Waals surface area contributed by atoms with Crippen LogP contribution < -0.4 is 16.6 Å². The van der Waals surface area contributed by atoms with Crippen LogP contribution in [-0.2, 0) is 0 Å². The second-order valence-electron chi connectivity index (χ2n) is 6.86. The smallest absolute Gasteiger partial charge is 0.264 e. The maximum atomic E-state index is 13.5. The summed E-state index contributed by atoms with van der Waals surface area (Å²) in [6, 6.07) is 14.1. The minimum atomic E-state index is -0.484. The summed E-state index contributed by atoms with van der Waals surface area (Å²) in [7, 11) is 0. The zero-order valence-electron chi connectivity index (χ0n) is 16.3. The topological polar surface area (TPSA) is 110 Å². The van der Waals surface area contributed by atoms with E-state index >= 15 is 0 Å². The molecule has 0 unspecified atom stereocenters. The third kappa shape index (κ3) is 3.79. The number of anilines is 2. The summed E-state index contributed by atoms with van der Waals surface area (Å²) >= 11 is 6.31. The summed E-state index contributed by atoms with van der Waals surface area (Å²) in [4.78, 5) is 21.4. The average molecular weight is 435 g/mol. The Hall–Kier alpha value is -3.96. The summed E-state index contributed by atoms with van der Waals surface area (Å²) in [5, 5.41) is 13.8. The molecule has 154 valence electrons. The monoisotopic (exact) mass is 434 g/mol. The van der Waals surface area contributed by atoms with Gasteiger partial charge >= 0.3 is 0 Å². The largest absolute Gasteiger partial charge is 0.368 e. The molecule has 4 rings (SSSR count). The Kier molecular flexibility index (Phi) is 5.28.